The maximum absolute atomic E-state index is 8.46. The van der Waals surface area contributed by atoms with Crippen molar-refractivity contribution >= 4 is 55.8 Å². The van der Waals surface area contributed by atoms with Crippen molar-refractivity contribution in [1.82, 2.24) is 15.0 Å². The first-order chi connectivity index (χ1) is 14.5. The quantitative estimate of drug-likeness (QED) is 0.211. The predicted octanol–water partition coefficient (Wildman–Crippen LogP) is 6.19. The number of aromatic nitrogens is 3. The minimum atomic E-state index is -0.0556. The minimum absolute atomic E-state index is 0. The molecule has 5 nitrogen and oxygen atoms in total. The van der Waals surface area contributed by atoms with Gasteiger partial charge in [-0.15, -0.1) is 0 Å². The highest BCUT2D eigenvalue weighted by Crippen LogP contribution is 2.34. The number of nitrogens with zero attached hydrogens (tertiary/aromatic N) is 3. The van der Waals surface area contributed by atoms with Crippen LogP contribution in [0.15, 0.2) is 88.2 Å². The monoisotopic (exact) mass is 495 g/mol. The molecule has 0 saturated heterocycles. The summed E-state index contributed by atoms with van der Waals surface area (Å²) >= 11 is 3.34. The molecule has 0 amide bonds. The van der Waals surface area contributed by atoms with Gasteiger partial charge in [-0.1, -0.05) is 43.8 Å². The molecule has 29 heavy (non-hydrogen) atoms. The van der Waals surface area contributed by atoms with Crippen molar-refractivity contribution < 1.29 is 14.3 Å². The SMILES string of the molecule is C.C.OCS.[3H]c1ccc(SSCO)nc1.[3H]c1ccc(SSc2ccc([3H])cn2)nc1. The summed E-state index contributed by atoms with van der Waals surface area (Å²) < 4.78 is 21.7. The van der Waals surface area contributed by atoms with E-state index in [-0.39, 0.29) is 26.7 Å². The average Bonchev–Trinajstić information content (AvgIpc) is 2.75. The van der Waals surface area contributed by atoms with Crippen LogP contribution in [-0.4, -0.2) is 37.0 Å². The first kappa shape index (κ1) is 24.4. The molecule has 0 saturated carbocycles. The number of pyridine rings is 3. The summed E-state index contributed by atoms with van der Waals surface area (Å²) in [6, 6.07) is 11.7. The molecule has 0 aliphatic rings. The molecule has 160 valence electrons. The van der Waals surface area contributed by atoms with Crippen LogP contribution in [0.4, 0.5) is 0 Å². The first-order valence-electron chi connectivity index (χ1n) is 8.73. The van der Waals surface area contributed by atoms with E-state index < -0.39 is 0 Å². The Bertz CT molecular complexity index is 788. The van der Waals surface area contributed by atoms with Gasteiger partial charge in [0.2, 0.25) is 0 Å². The summed E-state index contributed by atoms with van der Waals surface area (Å²) in [7, 11) is 5.69. The molecule has 3 aromatic heterocycles. The zero-order valence-electron chi connectivity index (χ0n) is 16.9. The summed E-state index contributed by atoms with van der Waals surface area (Å²) in [6.45, 7) is 0. The van der Waals surface area contributed by atoms with E-state index in [0.29, 0.717) is 18.1 Å². The zero-order valence-corrected chi connectivity index (χ0v) is 18.1. The van der Waals surface area contributed by atoms with Crippen molar-refractivity contribution in [3.63, 3.8) is 0 Å². The van der Waals surface area contributed by atoms with Crippen LogP contribution in [0.5, 0.6) is 0 Å². The zero-order chi connectivity index (χ0) is 22.2. The summed E-state index contributed by atoms with van der Waals surface area (Å²) in [4.78, 5) is 12.2. The van der Waals surface area contributed by atoms with Crippen molar-refractivity contribution in [3.8, 4) is 0 Å². The highest BCUT2D eigenvalue weighted by molar-refractivity contribution is 8.77. The van der Waals surface area contributed by atoms with Crippen LogP contribution in [0.1, 0.15) is 19.0 Å². The van der Waals surface area contributed by atoms with E-state index in [2.05, 4.69) is 27.6 Å². The normalized spacial score (nSPS) is 10.2. The van der Waals surface area contributed by atoms with Crippen LogP contribution in [0.2, 0.25) is 0 Å². The Hall–Kier alpha value is -0.880. The summed E-state index contributed by atoms with van der Waals surface area (Å²) in [6.07, 6.45) is 4.52. The lowest BCUT2D eigenvalue weighted by atomic mass is 10.5. The molecular formula is C19H27N3O2S5. The molecule has 0 radical (unpaired) electrons. The van der Waals surface area contributed by atoms with E-state index in [1.165, 1.54) is 61.8 Å². The maximum atomic E-state index is 8.46. The average molecular weight is 496 g/mol. The van der Waals surface area contributed by atoms with E-state index in [4.69, 9.17) is 14.3 Å². The molecular weight excluding hydrogens is 463 g/mol. The van der Waals surface area contributed by atoms with Gasteiger partial charge in [-0.3, -0.25) is 0 Å². The smallest absolute Gasteiger partial charge is 0.107 e. The Labute approximate surface area is 199 Å². The van der Waals surface area contributed by atoms with Crippen LogP contribution in [0.3, 0.4) is 0 Å². The Morgan fingerprint density at radius 1 is 0.759 bits per heavy atom. The van der Waals surface area contributed by atoms with Crippen molar-refractivity contribution in [2.24, 2.45) is 0 Å². The lowest BCUT2D eigenvalue weighted by Gasteiger charge is -1.97. The Morgan fingerprint density at radius 2 is 1.10 bits per heavy atom. The van der Waals surface area contributed by atoms with Crippen LogP contribution >= 0.6 is 55.8 Å². The van der Waals surface area contributed by atoms with Gasteiger partial charge < -0.3 is 10.2 Å². The molecule has 3 rings (SSSR count). The number of aliphatic hydroxyl groups is 2. The second kappa shape index (κ2) is 21.8. The Balaban J connectivity index is 0. The van der Waals surface area contributed by atoms with Crippen LogP contribution < -0.4 is 0 Å². The van der Waals surface area contributed by atoms with Gasteiger partial charge >= 0.3 is 0 Å². The number of aliphatic hydroxyl groups excluding tert-OH is 2. The minimum Gasteiger partial charge on any atom is -0.386 e. The third-order valence-electron chi connectivity index (χ3n) is 2.17. The molecule has 0 unspecified atom stereocenters. The third kappa shape index (κ3) is 16.6. The summed E-state index contributed by atoms with van der Waals surface area (Å²) in [5.41, 5.74) is 0. The molecule has 3 aromatic rings. The van der Waals surface area contributed by atoms with E-state index in [0.717, 1.165) is 15.1 Å². The maximum Gasteiger partial charge on any atom is 0.107 e. The van der Waals surface area contributed by atoms with Gasteiger partial charge in [0.1, 0.15) is 15.1 Å². The number of rotatable bonds is 6. The summed E-state index contributed by atoms with van der Waals surface area (Å²) in [5.74, 6) is 0.0228. The molecule has 10 heteroatoms. The fourth-order valence-corrected chi connectivity index (χ4v) is 4.16. The lowest BCUT2D eigenvalue weighted by molar-refractivity contribution is 0.376. The van der Waals surface area contributed by atoms with Gasteiger partial charge in [0.05, 0.1) is 16.0 Å². The number of thiol groups is 1. The standard InChI is InChI=1S/C10H8N2S2.C6H7NOS2.CH4OS.2CH4/c1-3-7-11-9(5-1)13-14-10-6-2-4-8-12-10;8-5-9-10-6-3-1-2-4-7-6;2-1-3;;/h1-8H;1-4,8H,5H2;2-3H,1H2;2*1H4/i3T,4T;2T;;;. The lowest BCUT2D eigenvalue weighted by Crippen LogP contribution is -1.75. The molecule has 2 N–H and O–H groups in total. The molecule has 0 aliphatic carbocycles. The highest BCUT2D eigenvalue weighted by atomic mass is 33.1. The fourth-order valence-electron chi connectivity index (χ4n) is 1.24. The van der Waals surface area contributed by atoms with E-state index in [9.17, 15) is 0 Å². The predicted molar refractivity (Wildman–Crippen MR) is 134 cm³/mol. The molecule has 0 aromatic carbocycles. The van der Waals surface area contributed by atoms with Gasteiger partial charge in [0.15, 0.2) is 0 Å². The van der Waals surface area contributed by atoms with Crippen molar-refractivity contribution in [2.45, 2.75) is 29.9 Å². The summed E-state index contributed by atoms with van der Waals surface area (Å²) in [5, 5.41) is 18.4. The molecule has 0 spiro atoms. The van der Waals surface area contributed by atoms with Gasteiger partial charge in [0.25, 0.3) is 0 Å². The van der Waals surface area contributed by atoms with Gasteiger partial charge in [-0.25, -0.2) is 15.0 Å². The molecule has 3 heterocycles. The molecule has 0 fully saturated rings. The van der Waals surface area contributed by atoms with Crippen LogP contribution in [0.25, 0.3) is 0 Å². The van der Waals surface area contributed by atoms with Crippen molar-refractivity contribution in [3.05, 3.63) is 73.1 Å². The van der Waals surface area contributed by atoms with Crippen molar-refractivity contribution in [2.75, 3.05) is 11.9 Å². The topological polar surface area (TPSA) is 79.1 Å². The number of hydrogen-bond acceptors (Lipinski definition) is 10. The van der Waals surface area contributed by atoms with Gasteiger partial charge in [0, 0.05) is 18.6 Å². The second-order valence-electron chi connectivity index (χ2n) is 3.93. The Morgan fingerprint density at radius 3 is 1.38 bits per heavy atom. The second-order valence-corrected chi connectivity index (χ2v) is 8.67. The molecule has 0 bridgehead atoms. The van der Waals surface area contributed by atoms with E-state index in [1.807, 2.05) is 0 Å². The van der Waals surface area contributed by atoms with Gasteiger partial charge in [-0.2, -0.15) is 12.6 Å². The van der Waals surface area contributed by atoms with Gasteiger partial charge in [-0.05, 0) is 68.7 Å². The highest BCUT2D eigenvalue weighted by Gasteiger charge is 1.97. The fraction of sp³-hybridized carbons (Fsp3) is 0.211. The largest absolute Gasteiger partial charge is 0.386 e. The third-order valence-corrected chi connectivity index (χ3v) is 6.17. The Kier molecular flexibility index (Phi) is 18.4. The van der Waals surface area contributed by atoms with E-state index >= 15 is 0 Å². The molecule has 0 atom stereocenters. The van der Waals surface area contributed by atoms with Crippen LogP contribution in [0, 0.1) is 0 Å². The van der Waals surface area contributed by atoms with Crippen molar-refractivity contribution in [1.29, 1.82) is 0 Å². The first-order valence-corrected chi connectivity index (χ1v) is 12.3. The van der Waals surface area contributed by atoms with E-state index in [1.54, 1.807) is 36.4 Å². The van der Waals surface area contributed by atoms with Crippen LogP contribution in [-0.2, 0) is 0 Å². The number of hydrogen-bond donors (Lipinski definition) is 3. The molecule has 0 aliphatic heterocycles.